The minimum absolute atomic E-state index is 0. The number of halogens is 2. The van der Waals surface area contributed by atoms with Crippen LogP contribution >= 0.6 is 34.0 Å². The van der Waals surface area contributed by atoms with E-state index in [4.69, 9.17) is 0 Å². The van der Waals surface area contributed by atoms with Gasteiger partial charge in [0.2, 0.25) is 5.78 Å². The number of allylic oxidation sites excluding steroid dienone is 2. The number of Topliss-reactive ketones (excluding diaryl/α,β-unsaturated/α-hetero) is 2. The third kappa shape index (κ3) is 2.63. The van der Waals surface area contributed by atoms with Crippen molar-refractivity contribution in [2.45, 2.75) is 65.2 Å². The molecule has 0 bridgehead atoms. The second kappa shape index (κ2) is 6.40. The van der Waals surface area contributed by atoms with Crippen molar-refractivity contribution in [3.05, 3.63) is 11.6 Å². The molecular formula is C19H28Br2O2. The summed E-state index contributed by atoms with van der Waals surface area (Å²) < 4.78 is 0. The highest BCUT2D eigenvalue weighted by atomic mass is 79.9. The fourth-order valence-electron chi connectivity index (χ4n) is 6.37. The Morgan fingerprint density at radius 2 is 1.83 bits per heavy atom. The van der Waals surface area contributed by atoms with Crippen molar-refractivity contribution in [3.8, 4) is 0 Å². The fourth-order valence-corrected chi connectivity index (χ4v) is 6.37. The Morgan fingerprint density at radius 1 is 1.09 bits per heavy atom. The highest BCUT2D eigenvalue weighted by Crippen LogP contribution is 2.64. The molecule has 4 heteroatoms. The quantitative estimate of drug-likeness (QED) is 0.375. The largest absolute Gasteiger partial charge is 0.291 e. The van der Waals surface area contributed by atoms with Crippen LogP contribution in [0.25, 0.3) is 0 Å². The molecule has 3 saturated carbocycles. The van der Waals surface area contributed by atoms with E-state index < -0.39 is 0 Å². The summed E-state index contributed by atoms with van der Waals surface area (Å²) >= 11 is 0. The average molecular weight is 448 g/mol. The van der Waals surface area contributed by atoms with Crippen molar-refractivity contribution in [3.63, 3.8) is 0 Å². The van der Waals surface area contributed by atoms with Crippen LogP contribution in [0.2, 0.25) is 0 Å². The van der Waals surface area contributed by atoms with Crippen molar-refractivity contribution >= 4 is 45.5 Å². The molecule has 2 nitrogen and oxygen atoms in total. The molecular weight excluding hydrogens is 420 g/mol. The smallest absolute Gasteiger partial charge is 0.202 e. The monoisotopic (exact) mass is 446 g/mol. The van der Waals surface area contributed by atoms with E-state index >= 15 is 0 Å². The van der Waals surface area contributed by atoms with Crippen molar-refractivity contribution < 1.29 is 9.59 Å². The molecule has 4 aliphatic rings. The summed E-state index contributed by atoms with van der Waals surface area (Å²) in [6.45, 7) is 4.64. The van der Waals surface area contributed by atoms with Gasteiger partial charge in [0.1, 0.15) is 0 Å². The molecule has 23 heavy (non-hydrogen) atoms. The van der Waals surface area contributed by atoms with Crippen molar-refractivity contribution in [1.82, 2.24) is 0 Å². The summed E-state index contributed by atoms with van der Waals surface area (Å²) in [5, 5.41) is 0. The Kier molecular flexibility index (Phi) is 5.39. The third-order valence-electron chi connectivity index (χ3n) is 7.43. The topological polar surface area (TPSA) is 34.1 Å². The van der Waals surface area contributed by atoms with Crippen molar-refractivity contribution in [2.75, 3.05) is 0 Å². The van der Waals surface area contributed by atoms with Crippen LogP contribution in [0.4, 0.5) is 0 Å². The molecule has 3 fully saturated rings. The highest BCUT2D eigenvalue weighted by Gasteiger charge is 2.60. The summed E-state index contributed by atoms with van der Waals surface area (Å²) in [4.78, 5) is 24.5. The van der Waals surface area contributed by atoms with E-state index in [0.29, 0.717) is 23.7 Å². The number of rotatable bonds is 0. The highest BCUT2D eigenvalue weighted by molar-refractivity contribution is 8.93. The minimum atomic E-state index is -0.0849. The van der Waals surface area contributed by atoms with Gasteiger partial charge in [-0.1, -0.05) is 25.5 Å². The SMILES string of the molecule is Br.Br.C[C@]12CC[C@H]3[C@@H](CCC4=CCCC[C@@]43C)[C@@H]1C(=O)C(=O)C2. The van der Waals surface area contributed by atoms with Crippen LogP contribution in [-0.4, -0.2) is 11.6 Å². The molecule has 0 N–H and O–H groups in total. The number of fused-ring (bicyclic) bond motifs is 5. The molecule has 0 spiro atoms. The second-order valence-electron chi connectivity index (χ2n) is 8.48. The van der Waals surface area contributed by atoms with Crippen LogP contribution in [0.1, 0.15) is 65.2 Å². The Hall–Kier alpha value is 0.0400. The molecule has 0 aromatic rings. The molecule has 0 aromatic carbocycles. The first-order valence-corrected chi connectivity index (χ1v) is 8.72. The van der Waals surface area contributed by atoms with E-state index in [-0.39, 0.29) is 56.9 Å². The van der Waals surface area contributed by atoms with Gasteiger partial charge < -0.3 is 0 Å². The van der Waals surface area contributed by atoms with E-state index in [1.165, 1.54) is 25.7 Å². The lowest BCUT2D eigenvalue weighted by Crippen LogP contribution is -2.50. The van der Waals surface area contributed by atoms with Crippen LogP contribution in [0, 0.1) is 28.6 Å². The Bertz CT molecular complexity index is 556. The van der Waals surface area contributed by atoms with Gasteiger partial charge in [0.15, 0.2) is 5.78 Å². The predicted molar refractivity (Wildman–Crippen MR) is 102 cm³/mol. The Labute approximate surface area is 160 Å². The van der Waals surface area contributed by atoms with Gasteiger partial charge in [-0.25, -0.2) is 0 Å². The molecule has 130 valence electrons. The lowest BCUT2D eigenvalue weighted by molar-refractivity contribution is -0.139. The van der Waals surface area contributed by atoms with Crippen LogP contribution < -0.4 is 0 Å². The second-order valence-corrected chi connectivity index (χ2v) is 8.48. The zero-order valence-electron chi connectivity index (χ0n) is 14.1. The number of ketones is 2. The zero-order valence-corrected chi connectivity index (χ0v) is 17.5. The summed E-state index contributed by atoms with van der Waals surface area (Å²) in [6.07, 6.45) is 11.4. The number of carbonyl (C=O) groups is 2. The zero-order chi connectivity index (χ0) is 14.8. The van der Waals surface area contributed by atoms with Gasteiger partial charge >= 0.3 is 0 Å². The molecule has 0 saturated heterocycles. The first kappa shape index (κ1) is 19.4. The minimum Gasteiger partial charge on any atom is -0.291 e. The standard InChI is InChI=1S/C19H26O2.2BrH/c1-18-10-8-14-13(16(18)17(21)15(20)11-18)7-6-12-5-3-4-9-19(12,14)2;;/h5,13-14,16H,3-4,6-11H2,1-2H3;2*1H/t13-,14+,16-,18-,19+;;/m1../s1. The van der Waals surface area contributed by atoms with Gasteiger partial charge in [-0.2, -0.15) is 0 Å². The van der Waals surface area contributed by atoms with Gasteiger partial charge in [-0.3, -0.25) is 9.59 Å². The maximum absolute atomic E-state index is 12.5. The van der Waals surface area contributed by atoms with Crippen LogP contribution in [-0.2, 0) is 9.59 Å². The number of hydrogen-bond donors (Lipinski definition) is 0. The Balaban J connectivity index is 0.000000960. The lowest BCUT2D eigenvalue weighted by Gasteiger charge is -2.56. The normalized spacial score (nSPS) is 45.0. The van der Waals surface area contributed by atoms with E-state index in [1.54, 1.807) is 5.57 Å². The number of hydrogen-bond acceptors (Lipinski definition) is 2. The average Bonchev–Trinajstić information content (AvgIpc) is 2.68. The van der Waals surface area contributed by atoms with Gasteiger partial charge in [-0.05, 0) is 67.6 Å². The summed E-state index contributed by atoms with van der Waals surface area (Å²) in [6, 6.07) is 0. The van der Waals surface area contributed by atoms with Gasteiger partial charge in [-0.15, -0.1) is 34.0 Å². The molecule has 0 heterocycles. The molecule has 0 amide bonds. The summed E-state index contributed by atoms with van der Waals surface area (Å²) in [5.41, 5.74) is 1.95. The summed E-state index contributed by atoms with van der Waals surface area (Å²) in [7, 11) is 0. The first-order chi connectivity index (χ1) is 9.96. The van der Waals surface area contributed by atoms with Crippen molar-refractivity contribution in [1.29, 1.82) is 0 Å². The molecule has 0 aliphatic heterocycles. The molecule has 4 rings (SSSR count). The molecule has 0 radical (unpaired) electrons. The third-order valence-corrected chi connectivity index (χ3v) is 7.43. The molecule has 5 atom stereocenters. The maximum atomic E-state index is 12.5. The van der Waals surface area contributed by atoms with E-state index in [1.807, 2.05) is 0 Å². The van der Waals surface area contributed by atoms with Gasteiger partial charge in [0, 0.05) is 12.3 Å². The number of carbonyl (C=O) groups excluding carboxylic acids is 2. The van der Waals surface area contributed by atoms with Gasteiger partial charge in [0.25, 0.3) is 0 Å². The van der Waals surface area contributed by atoms with E-state index in [2.05, 4.69) is 19.9 Å². The molecule has 0 aromatic heterocycles. The van der Waals surface area contributed by atoms with Crippen LogP contribution in [0.15, 0.2) is 11.6 Å². The van der Waals surface area contributed by atoms with Crippen molar-refractivity contribution in [2.24, 2.45) is 28.6 Å². The van der Waals surface area contributed by atoms with E-state index in [9.17, 15) is 9.59 Å². The fraction of sp³-hybridized carbons (Fsp3) is 0.789. The van der Waals surface area contributed by atoms with Crippen LogP contribution in [0.3, 0.4) is 0 Å². The predicted octanol–water partition coefficient (Wildman–Crippen LogP) is 5.24. The Morgan fingerprint density at radius 3 is 2.57 bits per heavy atom. The van der Waals surface area contributed by atoms with Crippen LogP contribution in [0.5, 0.6) is 0 Å². The van der Waals surface area contributed by atoms with E-state index in [0.717, 1.165) is 19.3 Å². The van der Waals surface area contributed by atoms with Gasteiger partial charge in [0.05, 0.1) is 0 Å². The maximum Gasteiger partial charge on any atom is 0.202 e. The molecule has 4 aliphatic carbocycles. The summed E-state index contributed by atoms with van der Waals surface area (Å²) in [5.74, 6) is 1.01. The lowest BCUT2D eigenvalue weighted by atomic mass is 9.47. The first-order valence-electron chi connectivity index (χ1n) is 8.72. The molecule has 0 unspecified atom stereocenters.